The number of hydrogen-bond donors (Lipinski definition) is 3. The molecule has 0 aromatic heterocycles. The molecule has 27 heavy (non-hydrogen) atoms. The van der Waals surface area contributed by atoms with Gasteiger partial charge in [0, 0.05) is 0 Å². The topological polar surface area (TPSA) is 90.8 Å². The predicted molar refractivity (Wildman–Crippen MR) is 109 cm³/mol. The van der Waals surface area contributed by atoms with E-state index in [0.717, 1.165) is 0 Å². The highest BCUT2D eigenvalue weighted by Crippen LogP contribution is 2.23. The number of nitrogens with zero attached hydrogens (tertiary/aromatic N) is 1. The second kappa shape index (κ2) is 9.53. The molecule has 0 saturated heterocycles. The van der Waals surface area contributed by atoms with Crippen LogP contribution in [0.25, 0.3) is 0 Å². The zero-order valence-corrected chi connectivity index (χ0v) is 17.1. The molecule has 2 aromatic carbocycles. The van der Waals surface area contributed by atoms with Crippen molar-refractivity contribution in [3.8, 4) is 5.75 Å². The summed E-state index contributed by atoms with van der Waals surface area (Å²) in [6.07, 6.45) is 1.44. The molecule has 2 aromatic rings. The Balaban J connectivity index is 2.04. The Bertz CT molecular complexity index is 871. The molecule has 2 amide bonds. The summed E-state index contributed by atoms with van der Waals surface area (Å²) in [4.78, 5) is 24.8. The van der Waals surface area contributed by atoms with Gasteiger partial charge in [-0.3, -0.25) is 9.59 Å². The molecular formula is C19H19BrClN3O3. The maximum absolute atomic E-state index is 12.4. The van der Waals surface area contributed by atoms with Gasteiger partial charge in [0.25, 0.3) is 11.8 Å². The van der Waals surface area contributed by atoms with E-state index in [9.17, 15) is 14.7 Å². The van der Waals surface area contributed by atoms with E-state index in [1.54, 1.807) is 36.4 Å². The van der Waals surface area contributed by atoms with E-state index in [0.29, 0.717) is 20.6 Å². The van der Waals surface area contributed by atoms with Gasteiger partial charge in [-0.15, -0.1) is 0 Å². The third kappa shape index (κ3) is 5.80. The van der Waals surface area contributed by atoms with E-state index in [1.165, 1.54) is 12.3 Å². The molecule has 142 valence electrons. The van der Waals surface area contributed by atoms with Crippen LogP contribution in [0.3, 0.4) is 0 Å². The summed E-state index contributed by atoms with van der Waals surface area (Å²) >= 11 is 9.24. The van der Waals surface area contributed by atoms with Crippen LogP contribution in [-0.4, -0.2) is 29.2 Å². The monoisotopic (exact) mass is 451 g/mol. The van der Waals surface area contributed by atoms with Gasteiger partial charge in [-0.05, 0) is 57.7 Å². The molecule has 0 saturated carbocycles. The van der Waals surface area contributed by atoms with Crippen LogP contribution >= 0.6 is 27.5 Å². The predicted octanol–water partition coefficient (Wildman–Crippen LogP) is 3.71. The van der Waals surface area contributed by atoms with Crippen molar-refractivity contribution < 1.29 is 14.7 Å². The van der Waals surface area contributed by atoms with E-state index < -0.39 is 17.9 Å². The molecule has 1 atom stereocenters. The summed E-state index contributed by atoms with van der Waals surface area (Å²) in [6.45, 7) is 3.63. The van der Waals surface area contributed by atoms with Crippen molar-refractivity contribution in [1.82, 2.24) is 10.7 Å². The lowest BCUT2D eigenvalue weighted by atomic mass is 10.0. The highest BCUT2D eigenvalue weighted by Gasteiger charge is 2.25. The first-order valence-electron chi connectivity index (χ1n) is 8.16. The Morgan fingerprint density at radius 2 is 1.93 bits per heavy atom. The van der Waals surface area contributed by atoms with Gasteiger partial charge in [0.1, 0.15) is 11.8 Å². The Labute approximate surface area is 170 Å². The summed E-state index contributed by atoms with van der Waals surface area (Å²) < 4.78 is 0.518. The number of hydrogen-bond acceptors (Lipinski definition) is 4. The Morgan fingerprint density at radius 1 is 1.22 bits per heavy atom. The molecule has 0 bridgehead atoms. The molecule has 6 nitrogen and oxygen atoms in total. The number of rotatable bonds is 6. The van der Waals surface area contributed by atoms with Gasteiger partial charge < -0.3 is 10.4 Å². The van der Waals surface area contributed by atoms with Crippen LogP contribution in [0.2, 0.25) is 5.02 Å². The fourth-order valence-corrected chi connectivity index (χ4v) is 2.86. The molecule has 0 aliphatic carbocycles. The van der Waals surface area contributed by atoms with Gasteiger partial charge in [0.2, 0.25) is 0 Å². The van der Waals surface area contributed by atoms with Crippen molar-refractivity contribution in [3.63, 3.8) is 0 Å². The van der Waals surface area contributed by atoms with Gasteiger partial charge in [0.05, 0.1) is 21.3 Å². The number of benzene rings is 2. The quantitative estimate of drug-likeness (QED) is 0.461. The van der Waals surface area contributed by atoms with E-state index in [-0.39, 0.29) is 11.7 Å². The third-order valence-electron chi connectivity index (χ3n) is 3.71. The molecule has 0 radical (unpaired) electrons. The number of hydrazone groups is 1. The van der Waals surface area contributed by atoms with Gasteiger partial charge >= 0.3 is 0 Å². The number of halogens is 2. The van der Waals surface area contributed by atoms with Crippen molar-refractivity contribution in [2.75, 3.05) is 0 Å². The normalized spacial score (nSPS) is 12.2. The smallest absolute Gasteiger partial charge is 0.262 e. The lowest BCUT2D eigenvalue weighted by molar-refractivity contribution is -0.123. The fraction of sp³-hybridized carbons (Fsp3) is 0.211. The summed E-state index contributed by atoms with van der Waals surface area (Å²) in [7, 11) is 0. The van der Waals surface area contributed by atoms with Crippen LogP contribution in [-0.2, 0) is 4.79 Å². The molecule has 0 spiro atoms. The van der Waals surface area contributed by atoms with Crippen LogP contribution in [0.4, 0.5) is 0 Å². The standard InChI is InChI=1S/C19H19BrClN3O3/c1-11(2)17(23-18(26)13-5-3-4-6-15(13)21)19(27)24-22-10-12-7-8-16(25)14(20)9-12/h3-11,17,25H,1-2H3,(H,23,26)(H,24,27). The molecule has 0 heterocycles. The van der Waals surface area contributed by atoms with Crippen molar-refractivity contribution in [1.29, 1.82) is 0 Å². The first kappa shape index (κ1) is 20.9. The Morgan fingerprint density at radius 3 is 2.56 bits per heavy atom. The molecule has 2 rings (SSSR count). The Kier molecular flexibility index (Phi) is 7.38. The van der Waals surface area contributed by atoms with Crippen molar-refractivity contribution in [2.45, 2.75) is 19.9 Å². The molecule has 0 aliphatic rings. The first-order valence-corrected chi connectivity index (χ1v) is 9.33. The summed E-state index contributed by atoms with van der Waals surface area (Å²) in [5.41, 5.74) is 3.41. The zero-order valence-electron chi connectivity index (χ0n) is 14.7. The second-order valence-corrected chi connectivity index (χ2v) is 7.38. The summed E-state index contributed by atoms with van der Waals surface area (Å²) in [5.74, 6) is -0.923. The van der Waals surface area contributed by atoms with Gasteiger partial charge in [0.15, 0.2) is 0 Å². The van der Waals surface area contributed by atoms with E-state index in [2.05, 4.69) is 31.8 Å². The van der Waals surface area contributed by atoms with Crippen molar-refractivity contribution >= 4 is 45.6 Å². The van der Waals surface area contributed by atoms with Crippen LogP contribution in [0, 0.1) is 5.92 Å². The van der Waals surface area contributed by atoms with Gasteiger partial charge in [-0.25, -0.2) is 5.43 Å². The minimum Gasteiger partial charge on any atom is -0.507 e. The first-order chi connectivity index (χ1) is 12.8. The lowest BCUT2D eigenvalue weighted by Crippen LogP contribution is -2.48. The minimum absolute atomic E-state index is 0.110. The molecule has 1 unspecified atom stereocenters. The van der Waals surface area contributed by atoms with Gasteiger partial charge in [-0.2, -0.15) is 5.10 Å². The average Bonchev–Trinajstić information content (AvgIpc) is 2.62. The van der Waals surface area contributed by atoms with Crippen LogP contribution in [0.1, 0.15) is 29.8 Å². The van der Waals surface area contributed by atoms with E-state index in [4.69, 9.17) is 11.6 Å². The van der Waals surface area contributed by atoms with E-state index in [1.807, 2.05) is 13.8 Å². The zero-order chi connectivity index (χ0) is 20.0. The number of phenols is 1. The van der Waals surface area contributed by atoms with Crippen LogP contribution < -0.4 is 10.7 Å². The number of nitrogens with one attached hydrogen (secondary N) is 2. The van der Waals surface area contributed by atoms with Crippen molar-refractivity contribution in [2.24, 2.45) is 11.0 Å². The number of carbonyl (C=O) groups is 2. The Hall–Kier alpha value is -2.38. The number of amides is 2. The highest BCUT2D eigenvalue weighted by atomic mass is 79.9. The molecule has 0 fully saturated rings. The SMILES string of the molecule is CC(C)C(NC(=O)c1ccccc1Cl)C(=O)NN=Cc1ccc(O)c(Br)c1. The molecule has 8 heteroatoms. The molecule has 3 N–H and O–H groups in total. The average molecular weight is 453 g/mol. The maximum atomic E-state index is 12.4. The third-order valence-corrected chi connectivity index (χ3v) is 4.68. The fourth-order valence-electron chi connectivity index (χ4n) is 2.24. The molecule has 0 aliphatic heterocycles. The largest absolute Gasteiger partial charge is 0.507 e. The van der Waals surface area contributed by atoms with E-state index >= 15 is 0 Å². The minimum atomic E-state index is -0.780. The van der Waals surface area contributed by atoms with Crippen LogP contribution in [0.15, 0.2) is 52.0 Å². The lowest BCUT2D eigenvalue weighted by Gasteiger charge is -2.20. The maximum Gasteiger partial charge on any atom is 0.262 e. The second-order valence-electron chi connectivity index (χ2n) is 6.12. The number of aromatic hydroxyl groups is 1. The van der Waals surface area contributed by atoms with Gasteiger partial charge in [-0.1, -0.05) is 37.6 Å². The highest BCUT2D eigenvalue weighted by molar-refractivity contribution is 9.10. The van der Waals surface area contributed by atoms with Crippen molar-refractivity contribution in [3.05, 3.63) is 63.1 Å². The number of carbonyl (C=O) groups excluding carboxylic acids is 2. The molecular weight excluding hydrogens is 434 g/mol. The van der Waals surface area contributed by atoms with Crippen LogP contribution in [0.5, 0.6) is 5.75 Å². The summed E-state index contributed by atoms with van der Waals surface area (Å²) in [5, 5.41) is 16.4. The summed E-state index contributed by atoms with van der Waals surface area (Å²) in [6, 6.07) is 10.7. The number of phenolic OH excluding ortho intramolecular Hbond substituents is 1.